The molecule has 19 heavy (non-hydrogen) atoms. The predicted molar refractivity (Wildman–Crippen MR) is 79.7 cm³/mol. The molecule has 1 aromatic heterocycles. The van der Waals surface area contributed by atoms with Crippen LogP contribution in [0.3, 0.4) is 0 Å². The first-order valence-corrected chi connectivity index (χ1v) is 8.58. The molecule has 0 bridgehead atoms. The Morgan fingerprint density at radius 2 is 1.95 bits per heavy atom. The minimum absolute atomic E-state index is 0.318. The van der Waals surface area contributed by atoms with Crippen LogP contribution in [0.5, 0.6) is 0 Å². The Labute approximate surface area is 126 Å². The number of nitrogens with one attached hydrogen (secondary N) is 1. The highest BCUT2D eigenvalue weighted by molar-refractivity contribution is 7.91. The minimum atomic E-state index is -3.40. The van der Waals surface area contributed by atoms with Crippen LogP contribution in [-0.2, 0) is 16.4 Å². The highest BCUT2D eigenvalue weighted by Crippen LogP contribution is 2.22. The maximum absolute atomic E-state index is 11.9. The van der Waals surface area contributed by atoms with Crippen molar-refractivity contribution in [3.05, 3.63) is 51.3 Å². The number of hydrogen-bond donors (Lipinski definition) is 1. The molecule has 0 unspecified atom stereocenters. The zero-order valence-corrected chi connectivity index (χ0v) is 12.9. The van der Waals surface area contributed by atoms with E-state index in [1.54, 1.807) is 29.6 Å². The lowest BCUT2D eigenvalue weighted by atomic mass is 10.1. The third-order valence-corrected chi connectivity index (χ3v) is 6.05. The van der Waals surface area contributed by atoms with E-state index in [4.69, 9.17) is 23.2 Å². The van der Waals surface area contributed by atoms with Crippen LogP contribution in [0.15, 0.2) is 39.9 Å². The van der Waals surface area contributed by atoms with Gasteiger partial charge in [0.15, 0.2) is 0 Å². The van der Waals surface area contributed by atoms with E-state index in [2.05, 4.69) is 4.72 Å². The van der Waals surface area contributed by atoms with Gasteiger partial charge in [-0.2, -0.15) is 0 Å². The van der Waals surface area contributed by atoms with E-state index in [1.807, 2.05) is 6.07 Å². The average Bonchev–Trinajstić information content (AvgIpc) is 2.88. The number of sulfonamides is 1. The van der Waals surface area contributed by atoms with Gasteiger partial charge in [0.1, 0.15) is 4.21 Å². The molecule has 0 aliphatic rings. The van der Waals surface area contributed by atoms with Crippen LogP contribution in [0.2, 0.25) is 10.0 Å². The molecule has 1 heterocycles. The summed E-state index contributed by atoms with van der Waals surface area (Å²) in [5.41, 5.74) is 0.934. The molecular formula is C12H11Cl2NO2S2. The molecule has 1 aromatic carbocycles. The van der Waals surface area contributed by atoms with Gasteiger partial charge in [-0.25, -0.2) is 13.1 Å². The van der Waals surface area contributed by atoms with Crippen LogP contribution in [0.1, 0.15) is 5.56 Å². The zero-order valence-electron chi connectivity index (χ0n) is 9.77. The largest absolute Gasteiger partial charge is 0.250 e. The summed E-state index contributed by atoms with van der Waals surface area (Å²) in [4.78, 5) is 0. The van der Waals surface area contributed by atoms with E-state index in [0.717, 1.165) is 5.56 Å². The van der Waals surface area contributed by atoms with Gasteiger partial charge in [-0.15, -0.1) is 11.3 Å². The van der Waals surface area contributed by atoms with Crippen molar-refractivity contribution in [2.75, 3.05) is 6.54 Å². The molecule has 102 valence electrons. The second-order valence-electron chi connectivity index (χ2n) is 3.83. The van der Waals surface area contributed by atoms with Gasteiger partial charge in [0.25, 0.3) is 0 Å². The summed E-state index contributed by atoms with van der Waals surface area (Å²) < 4.78 is 26.6. The van der Waals surface area contributed by atoms with Crippen LogP contribution >= 0.6 is 34.5 Å². The fraction of sp³-hybridized carbons (Fsp3) is 0.167. The SMILES string of the molecule is O=S(=O)(NCCc1ccc(Cl)c(Cl)c1)c1cccs1. The van der Waals surface area contributed by atoms with Gasteiger partial charge in [-0.1, -0.05) is 35.3 Å². The van der Waals surface area contributed by atoms with Gasteiger partial charge in [0, 0.05) is 6.54 Å². The van der Waals surface area contributed by atoms with Gasteiger partial charge in [0.05, 0.1) is 10.0 Å². The summed E-state index contributed by atoms with van der Waals surface area (Å²) in [7, 11) is -3.40. The van der Waals surface area contributed by atoms with Crippen molar-refractivity contribution in [1.29, 1.82) is 0 Å². The summed E-state index contributed by atoms with van der Waals surface area (Å²) in [6.45, 7) is 0.318. The van der Waals surface area contributed by atoms with Gasteiger partial charge in [-0.05, 0) is 35.6 Å². The molecular weight excluding hydrogens is 325 g/mol. The summed E-state index contributed by atoms with van der Waals surface area (Å²) in [6, 6.07) is 8.55. The van der Waals surface area contributed by atoms with Crippen LogP contribution in [0, 0.1) is 0 Å². The molecule has 3 nitrogen and oxygen atoms in total. The van der Waals surface area contributed by atoms with Crippen LogP contribution in [0.25, 0.3) is 0 Å². The maximum Gasteiger partial charge on any atom is 0.250 e. The van der Waals surface area contributed by atoms with Crippen molar-refractivity contribution < 1.29 is 8.42 Å². The van der Waals surface area contributed by atoms with E-state index in [0.29, 0.717) is 27.2 Å². The van der Waals surface area contributed by atoms with Crippen molar-refractivity contribution in [2.24, 2.45) is 0 Å². The molecule has 2 aromatic rings. The topological polar surface area (TPSA) is 46.2 Å². The van der Waals surface area contributed by atoms with E-state index in [9.17, 15) is 8.42 Å². The lowest BCUT2D eigenvalue weighted by molar-refractivity contribution is 0.584. The first-order valence-electron chi connectivity index (χ1n) is 5.46. The van der Waals surface area contributed by atoms with Crippen LogP contribution in [0.4, 0.5) is 0 Å². The van der Waals surface area contributed by atoms with Crippen molar-refractivity contribution in [2.45, 2.75) is 10.6 Å². The molecule has 0 saturated heterocycles. The number of thiophene rings is 1. The number of rotatable bonds is 5. The molecule has 7 heteroatoms. The van der Waals surface area contributed by atoms with Gasteiger partial charge in [0.2, 0.25) is 10.0 Å². The van der Waals surface area contributed by atoms with Crippen molar-refractivity contribution >= 4 is 44.6 Å². The Balaban J connectivity index is 1.95. The Morgan fingerprint density at radius 1 is 1.16 bits per heavy atom. The standard InChI is InChI=1S/C12H11Cl2NO2S2/c13-10-4-3-9(8-11(10)14)5-6-15-19(16,17)12-2-1-7-18-12/h1-4,7-8,15H,5-6H2. The number of benzene rings is 1. The summed E-state index contributed by atoms with van der Waals surface area (Å²) in [5.74, 6) is 0. The van der Waals surface area contributed by atoms with Crippen LogP contribution < -0.4 is 4.72 Å². The molecule has 0 amide bonds. The predicted octanol–water partition coefficient (Wildman–Crippen LogP) is 3.58. The molecule has 0 aliphatic carbocycles. The van der Waals surface area contributed by atoms with Crippen molar-refractivity contribution in [1.82, 2.24) is 4.72 Å². The molecule has 1 N–H and O–H groups in total. The minimum Gasteiger partial charge on any atom is -0.210 e. The Bertz CT molecular complexity index is 654. The van der Waals surface area contributed by atoms with Crippen LogP contribution in [-0.4, -0.2) is 15.0 Å². The lowest BCUT2D eigenvalue weighted by Gasteiger charge is -2.05. The quantitative estimate of drug-likeness (QED) is 0.907. The fourth-order valence-corrected chi connectivity index (χ4v) is 3.90. The lowest BCUT2D eigenvalue weighted by Crippen LogP contribution is -2.25. The Kier molecular flexibility index (Phi) is 4.86. The van der Waals surface area contributed by atoms with E-state index in [-0.39, 0.29) is 0 Å². The second-order valence-corrected chi connectivity index (χ2v) is 7.58. The smallest absolute Gasteiger partial charge is 0.210 e. The summed E-state index contributed by atoms with van der Waals surface area (Å²) in [6.07, 6.45) is 0.557. The average molecular weight is 336 g/mol. The number of halogens is 2. The van der Waals surface area contributed by atoms with Gasteiger partial charge in [-0.3, -0.25) is 0 Å². The number of hydrogen-bond acceptors (Lipinski definition) is 3. The van der Waals surface area contributed by atoms with E-state index >= 15 is 0 Å². The first kappa shape index (κ1) is 14.8. The molecule has 0 fully saturated rings. The normalized spacial score (nSPS) is 11.7. The first-order chi connectivity index (χ1) is 8.99. The molecule has 0 spiro atoms. The second kappa shape index (κ2) is 6.24. The highest BCUT2D eigenvalue weighted by atomic mass is 35.5. The third-order valence-electron chi connectivity index (χ3n) is 2.45. The zero-order chi connectivity index (χ0) is 13.9. The molecule has 2 rings (SSSR count). The molecule has 0 radical (unpaired) electrons. The molecule has 0 saturated carbocycles. The fourth-order valence-electron chi connectivity index (χ4n) is 1.51. The Hall–Kier alpha value is -0.590. The Morgan fingerprint density at radius 3 is 2.58 bits per heavy atom. The summed E-state index contributed by atoms with van der Waals surface area (Å²) >= 11 is 12.9. The van der Waals surface area contributed by atoms with Crippen molar-refractivity contribution in [3.8, 4) is 0 Å². The van der Waals surface area contributed by atoms with E-state index < -0.39 is 10.0 Å². The van der Waals surface area contributed by atoms with E-state index in [1.165, 1.54) is 11.3 Å². The maximum atomic E-state index is 11.9. The molecule has 0 atom stereocenters. The highest BCUT2D eigenvalue weighted by Gasteiger charge is 2.13. The monoisotopic (exact) mass is 335 g/mol. The van der Waals surface area contributed by atoms with Crippen molar-refractivity contribution in [3.63, 3.8) is 0 Å². The molecule has 0 aliphatic heterocycles. The van der Waals surface area contributed by atoms with Gasteiger partial charge < -0.3 is 0 Å². The summed E-state index contributed by atoms with van der Waals surface area (Å²) in [5, 5.41) is 2.69. The van der Waals surface area contributed by atoms with Gasteiger partial charge >= 0.3 is 0 Å². The third kappa shape index (κ3) is 3.94.